The summed E-state index contributed by atoms with van der Waals surface area (Å²) in [5.74, 6) is -2.15. The van der Waals surface area contributed by atoms with Crippen LogP contribution in [0.1, 0.15) is 13.3 Å². The fraction of sp³-hybridized carbons (Fsp3) is 0.700. The van der Waals surface area contributed by atoms with Crippen LogP contribution in [0.5, 0.6) is 0 Å². The average molecular weight is 369 g/mol. The van der Waals surface area contributed by atoms with Crippen LogP contribution in [0, 0.1) is 0 Å². The number of β-lactam (4-membered cyclic amide) rings is 1. The number of thioether (sulfide) groups is 1. The Hall–Kier alpha value is -0.690. The summed E-state index contributed by atoms with van der Waals surface area (Å²) < 4.78 is 24.9. The fourth-order valence-electron chi connectivity index (χ4n) is 2.81. The first-order chi connectivity index (χ1) is 10.2. The molecular weight excluding hydrogens is 357 g/mol. The minimum atomic E-state index is -3.84. The maximum atomic E-state index is 12.6. The number of aromatic nitrogens is 4. The number of aliphatic carboxylic acids is 1. The molecule has 2 saturated heterocycles. The Morgan fingerprint density at radius 3 is 2.65 bits per heavy atom. The van der Waals surface area contributed by atoms with Crippen molar-refractivity contribution in [2.75, 3.05) is 5.75 Å². The number of carbonyl (C=O) groups excluding carboxylic acids is 2. The largest absolute Gasteiger partial charge is 1.00 e. The van der Waals surface area contributed by atoms with Gasteiger partial charge < -0.3 is 14.8 Å². The molecule has 3 rings (SSSR count). The van der Waals surface area contributed by atoms with Crippen molar-refractivity contribution in [1.29, 1.82) is 0 Å². The molecule has 0 unspecified atom stereocenters. The second kappa shape index (κ2) is 5.99. The molecule has 3 heterocycles. The van der Waals surface area contributed by atoms with Gasteiger partial charge in [-0.15, -0.1) is 5.10 Å². The first-order valence-corrected chi connectivity index (χ1v) is 8.84. The third-order valence-corrected chi connectivity index (χ3v) is 8.41. The molecule has 0 spiro atoms. The maximum Gasteiger partial charge on any atom is 1.00 e. The summed E-state index contributed by atoms with van der Waals surface area (Å²) in [5.41, 5.74) is 0. The number of carbonyl (C=O) groups is 2. The number of tetrazole rings is 1. The number of fused-ring (bicyclic) bond motifs is 1. The molecule has 0 saturated carbocycles. The van der Waals surface area contributed by atoms with Crippen molar-refractivity contribution in [2.24, 2.45) is 7.05 Å². The molecule has 10 nitrogen and oxygen atoms in total. The Balaban J connectivity index is 0.00000192. The predicted octanol–water partition coefficient (Wildman–Crippen LogP) is -5.83. The van der Waals surface area contributed by atoms with Gasteiger partial charge in [0.15, 0.2) is 9.84 Å². The number of amides is 1. The van der Waals surface area contributed by atoms with E-state index >= 15 is 0 Å². The van der Waals surface area contributed by atoms with E-state index in [-0.39, 0.29) is 41.7 Å². The number of sulfone groups is 1. The summed E-state index contributed by atoms with van der Waals surface area (Å²) in [6.07, 6.45) is -0.183. The topological polar surface area (TPSA) is 138 Å². The molecule has 1 amide bonds. The van der Waals surface area contributed by atoms with Gasteiger partial charge in [0.1, 0.15) is 10.1 Å². The van der Waals surface area contributed by atoms with Crippen molar-refractivity contribution < 1.29 is 52.7 Å². The number of carboxylic acid groups (broad SMARTS) is 1. The summed E-state index contributed by atoms with van der Waals surface area (Å²) >= 11 is 1.02. The van der Waals surface area contributed by atoms with Gasteiger partial charge in [0.2, 0.25) is 11.1 Å². The fourth-order valence-corrected chi connectivity index (χ4v) is 6.57. The molecule has 23 heavy (non-hydrogen) atoms. The van der Waals surface area contributed by atoms with Gasteiger partial charge >= 0.3 is 29.6 Å². The molecule has 2 aliphatic rings. The minimum Gasteiger partial charge on any atom is -0.548 e. The average Bonchev–Trinajstić information content (AvgIpc) is 2.88. The van der Waals surface area contributed by atoms with E-state index < -0.39 is 37.9 Å². The van der Waals surface area contributed by atoms with Crippen LogP contribution in [0.2, 0.25) is 0 Å². The number of rotatable bonds is 4. The van der Waals surface area contributed by atoms with E-state index in [0.29, 0.717) is 5.16 Å². The molecule has 3 atom stereocenters. The van der Waals surface area contributed by atoms with Gasteiger partial charge in [-0.05, 0) is 17.4 Å². The van der Waals surface area contributed by atoms with Gasteiger partial charge in [0, 0.05) is 12.8 Å². The van der Waals surface area contributed by atoms with Crippen molar-refractivity contribution in [3.05, 3.63) is 0 Å². The van der Waals surface area contributed by atoms with E-state index in [1.807, 2.05) is 0 Å². The smallest absolute Gasteiger partial charge is 0.548 e. The number of hydrogen-bond acceptors (Lipinski definition) is 9. The molecule has 120 valence electrons. The number of nitrogens with zero attached hydrogens (tertiary/aromatic N) is 5. The zero-order chi connectivity index (χ0) is 16.3. The Morgan fingerprint density at radius 1 is 1.52 bits per heavy atom. The molecule has 0 aromatic carbocycles. The summed E-state index contributed by atoms with van der Waals surface area (Å²) in [4.78, 5) is 24.0. The van der Waals surface area contributed by atoms with Crippen molar-refractivity contribution in [3.8, 4) is 0 Å². The molecule has 0 radical (unpaired) electrons. The quantitative estimate of drug-likeness (QED) is 0.288. The van der Waals surface area contributed by atoms with Gasteiger partial charge in [-0.25, -0.2) is 13.1 Å². The van der Waals surface area contributed by atoms with E-state index in [1.165, 1.54) is 11.6 Å². The maximum absolute atomic E-state index is 12.6. The first kappa shape index (κ1) is 18.6. The summed E-state index contributed by atoms with van der Waals surface area (Å²) in [6.45, 7) is 1.32. The molecule has 0 N–H and O–H groups in total. The molecular formula is C10H12N5NaO5S2. The minimum absolute atomic E-state index is 0. The summed E-state index contributed by atoms with van der Waals surface area (Å²) in [5, 5.41) is 21.5. The van der Waals surface area contributed by atoms with Crippen LogP contribution in [-0.4, -0.2) is 67.3 Å². The van der Waals surface area contributed by atoms with Gasteiger partial charge in [-0.1, -0.05) is 11.8 Å². The molecule has 13 heteroatoms. The Kier molecular flexibility index (Phi) is 4.86. The number of carboxylic acids is 1. The van der Waals surface area contributed by atoms with Crippen LogP contribution in [-0.2, 0) is 26.5 Å². The summed E-state index contributed by atoms with van der Waals surface area (Å²) in [6, 6.07) is -1.50. The predicted molar refractivity (Wildman–Crippen MR) is 70.9 cm³/mol. The molecule has 1 aromatic heterocycles. The Labute approximate surface area is 158 Å². The zero-order valence-corrected chi connectivity index (χ0v) is 16.3. The first-order valence-electron chi connectivity index (χ1n) is 6.31. The molecule has 2 aliphatic heterocycles. The Morgan fingerprint density at radius 2 is 2.17 bits per heavy atom. The van der Waals surface area contributed by atoms with Gasteiger partial charge in [-0.2, -0.15) is 0 Å². The van der Waals surface area contributed by atoms with Crippen molar-refractivity contribution >= 4 is 33.5 Å². The molecule has 0 bridgehead atoms. The SMILES string of the molecule is Cn1nnnc1SC[C@@]1(C)[C@H](C(=O)[O-])N2C(=O)C[C@@H]2S1(=O)=O.[Na+]. The number of hydrogen-bond donors (Lipinski definition) is 0. The summed E-state index contributed by atoms with van der Waals surface area (Å²) in [7, 11) is -2.25. The van der Waals surface area contributed by atoms with E-state index in [0.717, 1.165) is 16.7 Å². The van der Waals surface area contributed by atoms with Crippen LogP contribution < -0.4 is 34.7 Å². The molecule has 0 aliphatic carbocycles. The van der Waals surface area contributed by atoms with Crippen LogP contribution in [0.25, 0.3) is 0 Å². The normalized spacial score (nSPS) is 31.2. The van der Waals surface area contributed by atoms with Crippen LogP contribution in [0.3, 0.4) is 0 Å². The second-order valence-electron chi connectivity index (χ2n) is 5.41. The van der Waals surface area contributed by atoms with Crippen LogP contribution >= 0.6 is 11.8 Å². The van der Waals surface area contributed by atoms with Gasteiger partial charge in [0.05, 0.1) is 18.4 Å². The number of aryl methyl sites for hydroxylation is 1. The molecule has 1 aromatic rings. The second-order valence-corrected chi connectivity index (χ2v) is 8.92. The van der Waals surface area contributed by atoms with E-state index in [4.69, 9.17) is 0 Å². The standard InChI is InChI=1S/C10H13N5O5S2.Na/c1-10(4-21-9-11-12-13-14(9)2)7(8(17)18)15-5(16)3-6(15)22(10,19)20;/h6-7H,3-4H2,1-2H3,(H,17,18);/q;+1/p-1/t6-,7-,10-;/m0./s1. The van der Waals surface area contributed by atoms with Crippen LogP contribution in [0.4, 0.5) is 0 Å². The third kappa shape index (κ3) is 2.51. The molecule has 2 fully saturated rings. The van der Waals surface area contributed by atoms with E-state index in [2.05, 4.69) is 15.5 Å². The van der Waals surface area contributed by atoms with Crippen LogP contribution in [0.15, 0.2) is 5.16 Å². The van der Waals surface area contributed by atoms with Crippen molar-refractivity contribution in [2.45, 2.75) is 34.7 Å². The van der Waals surface area contributed by atoms with Crippen molar-refractivity contribution in [1.82, 2.24) is 25.1 Å². The zero-order valence-electron chi connectivity index (χ0n) is 12.7. The van der Waals surface area contributed by atoms with Crippen molar-refractivity contribution in [3.63, 3.8) is 0 Å². The Bertz CT molecular complexity index is 767. The van der Waals surface area contributed by atoms with E-state index in [9.17, 15) is 23.1 Å². The monoisotopic (exact) mass is 369 g/mol. The van der Waals surface area contributed by atoms with Gasteiger partial charge in [0.25, 0.3) is 0 Å². The van der Waals surface area contributed by atoms with Gasteiger partial charge in [-0.3, -0.25) is 4.79 Å². The van der Waals surface area contributed by atoms with E-state index in [1.54, 1.807) is 7.05 Å². The third-order valence-electron chi connectivity index (χ3n) is 4.10.